The Morgan fingerprint density at radius 3 is 2.76 bits per heavy atom. The molecule has 2 aromatic carbocycles. The molecule has 170 valence electrons. The number of pyridine rings is 1. The standard InChI is InChI=1S/C25H25N3O5/c29-24(27-31)19-5-6-20-14-28(25(30)17-7-10-32-11-8-17)22(15-33-23(20)13-19)18-4-3-16-2-1-9-26-21(16)12-18/h1-6,9,12-13,17,22,31H,7-8,10-11,14-15H2,(H,27,29)/t22-/m1/s1. The molecule has 2 N–H and O–H groups in total. The Balaban J connectivity index is 1.53. The molecule has 1 aromatic heterocycles. The van der Waals surface area contributed by atoms with Gasteiger partial charge in [-0.15, -0.1) is 0 Å². The van der Waals surface area contributed by atoms with Crippen LogP contribution in [0.1, 0.15) is 40.4 Å². The summed E-state index contributed by atoms with van der Waals surface area (Å²) in [7, 11) is 0. The van der Waals surface area contributed by atoms with Crippen molar-refractivity contribution in [1.29, 1.82) is 0 Å². The van der Waals surface area contributed by atoms with Crippen molar-refractivity contribution >= 4 is 22.7 Å². The lowest BCUT2D eigenvalue weighted by Crippen LogP contribution is -2.41. The number of carbonyl (C=O) groups excluding carboxylic acids is 2. The second kappa shape index (κ2) is 9.17. The smallest absolute Gasteiger partial charge is 0.274 e. The number of hydroxylamine groups is 1. The number of benzene rings is 2. The van der Waals surface area contributed by atoms with Crippen LogP contribution in [-0.2, 0) is 16.1 Å². The monoisotopic (exact) mass is 447 g/mol. The van der Waals surface area contributed by atoms with Crippen molar-refractivity contribution in [2.24, 2.45) is 5.92 Å². The van der Waals surface area contributed by atoms with E-state index < -0.39 is 5.91 Å². The summed E-state index contributed by atoms with van der Waals surface area (Å²) >= 11 is 0. The third-order valence-corrected chi connectivity index (χ3v) is 6.41. The minimum atomic E-state index is -0.613. The van der Waals surface area contributed by atoms with Gasteiger partial charge in [0.25, 0.3) is 5.91 Å². The number of nitrogens with zero attached hydrogens (tertiary/aromatic N) is 2. The van der Waals surface area contributed by atoms with E-state index in [9.17, 15) is 9.59 Å². The molecule has 0 unspecified atom stereocenters. The fourth-order valence-electron chi connectivity index (χ4n) is 4.56. The third-order valence-electron chi connectivity index (χ3n) is 6.41. The predicted molar refractivity (Wildman–Crippen MR) is 120 cm³/mol. The average Bonchev–Trinajstić information content (AvgIpc) is 3.07. The van der Waals surface area contributed by atoms with E-state index in [1.54, 1.807) is 29.9 Å². The highest BCUT2D eigenvalue weighted by molar-refractivity contribution is 5.94. The Kier molecular flexibility index (Phi) is 5.93. The molecule has 0 radical (unpaired) electrons. The SMILES string of the molecule is O=C(NO)c1ccc2c(c1)OC[C@H](c1ccc3cccnc3c1)N(C(=O)C1CCOCC1)C2. The molecule has 3 aromatic rings. The van der Waals surface area contributed by atoms with Crippen LogP contribution < -0.4 is 10.2 Å². The van der Waals surface area contributed by atoms with Crippen molar-refractivity contribution in [3.05, 3.63) is 71.4 Å². The second-order valence-electron chi connectivity index (χ2n) is 8.40. The topological polar surface area (TPSA) is 101 Å². The van der Waals surface area contributed by atoms with E-state index in [1.165, 1.54) is 0 Å². The van der Waals surface area contributed by atoms with Gasteiger partial charge in [-0.05, 0) is 42.7 Å². The zero-order valence-corrected chi connectivity index (χ0v) is 18.1. The van der Waals surface area contributed by atoms with Crippen LogP contribution in [0.15, 0.2) is 54.7 Å². The summed E-state index contributed by atoms with van der Waals surface area (Å²) in [4.78, 5) is 31.9. The minimum absolute atomic E-state index is 0.0815. The summed E-state index contributed by atoms with van der Waals surface area (Å²) in [5.41, 5.74) is 4.55. The molecule has 2 aliphatic heterocycles. The highest BCUT2D eigenvalue weighted by atomic mass is 16.5. The minimum Gasteiger partial charge on any atom is -0.491 e. The number of hydrogen-bond donors (Lipinski definition) is 2. The van der Waals surface area contributed by atoms with Gasteiger partial charge in [0.15, 0.2) is 0 Å². The lowest BCUT2D eigenvalue weighted by Gasteiger charge is -2.34. The normalized spacial score (nSPS) is 18.8. The van der Waals surface area contributed by atoms with E-state index in [0.717, 1.165) is 22.0 Å². The quantitative estimate of drug-likeness (QED) is 0.472. The van der Waals surface area contributed by atoms with E-state index in [-0.39, 0.29) is 30.0 Å². The van der Waals surface area contributed by atoms with Gasteiger partial charge in [0.2, 0.25) is 5.91 Å². The van der Waals surface area contributed by atoms with Crippen molar-refractivity contribution in [1.82, 2.24) is 15.4 Å². The van der Waals surface area contributed by atoms with Crippen LogP contribution in [0.5, 0.6) is 5.75 Å². The molecule has 0 aliphatic carbocycles. The van der Waals surface area contributed by atoms with Crippen LogP contribution in [0.3, 0.4) is 0 Å². The van der Waals surface area contributed by atoms with Crippen molar-refractivity contribution in [2.45, 2.75) is 25.4 Å². The molecule has 2 aliphatic rings. The number of carbonyl (C=O) groups is 2. The summed E-state index contributed by atoms with van der Waals surface area (Å²) in [5, 5.41) is 10.0. The highest BCUT2D eigenvalue weighted by Gasteiger charge is 2.35. The zero-order chi connectivity index (χ0) is 22.8. The molecule has 0 bridgehead atoms. The molecule has 5 rings (SSSR count). The third kappa shape index (κ3) is 4.27. The van der Waals surface area contributed by atoms with Gasteiger partial charge in [-0.1, -0.05) is 24.3 Å². The van der Waals surface area contributed by atoms with Crippen molar-refractivity contribution in [3.63, 3.8) is 0 Å². The summed E-state index contributed by atoms with van der Waals surface area (Å²) in [6.45, 7) is 1.77. The molecule has 1 fully saturated rings. The Morgan fingerprint density at radius 2 is 1.94 bits per heavy atom. The average molecular weight is 447 g/mol. The Morgan fingerprint density at radius 1 is 1.09 bits per heavy atom. The maximum atomic E-state index is 13.7. The maximum Gasteiger partial charge on any atom is 0.274 e. The van der Waals surface area contributed by atoms with Crippen LogP contribution in [0.2, 0.25) is 0 Å². The molecular formula is C25H25N3O5. The van der Waals surface area contributed by atoms with E-state index in [1.807, 2.05) is 35.2 Å². The van der Waals surface area contributed by atoms with Gasteiger partial charge >= 0.3 is 0 Å². The van der Waals surface area contributed by atoms with Crippen molar-refractivity contribution < 1.29 is 24.3 Å². The maximum absolute atomic E-state index is 13.7. The summed E-state index contributed by atoms with van der Waals surface area (Å²) in [6, 6.07) is 14.6. The largest absolute Gasteiger partial charge is 0.491 e. The molecule has 1 saturated heterocycles. The molecule has 3 heterocycles. The molecule has 8 nitrogen and oxygen atoms in total. The van der Waals surface area contributed by atoms with E-state index in [4.69, 9.17) is 14.7 Å². The molecule has 0 spiro atoms. The van der Waals surface area contributed by atoms with Crippen molar-refractivity contribution in [2.75, 3.05) is 19.8 Å². The molecule has 2 amide bonds. The summed E-state index contributed by atoms with van der Waals surface area (Å²) < 4.78 is 11.6. The summed E-state index contributed by atoms with van der Waals surface area (Å²) in [5.74, 6) is -0.0981. The zero-order valence-electron chi connectivity index (χ0n) is 18.1. The number of amides is 2. The Labute approximate surface area is 191 Å². The number of rotatable bonds is 3. The van der Waals surface area contributed by atoms with Crippen LogP contribution in [0.25, 0.3) is 10.9 Å². The first-order valence-electron chi connectivity index (χ1n) is 11.1. The van der Waals surface area contributed by atoms with Gasteiger partial charge in [-0.3, -0.25) is 19.8 Å². The fraction of sp³-hybridized carbons (Fsp3) is 0.320. The van der Waals surface area contributed by atoms with Crippen LogP contribution in [0.4, 0.5) is 0 Å². The van der Waals surface area contributed by atoms with Gasteiger partial charge in [0, 0.05) is 41.8 Å². The first-order chi connectivity index (χ1) is 16.1. The van der Waals surface area contributed by atoms with Gasteiger partial charge in [0.05, 0.1) is 18.1 Å². The lowest BCUT2D eigenvalue weighted by atomic mass is 9.95. The molecule has 0 saturated carbocycles. The van der Waals surface area contributed by atoms with Gasteiger partial charge in [0.1, 0.15) is 12.4 Å². The van der Waals surface area contributed by atoms with Gasteiger partial charge in [-0.2, -0.15) is 0 Å². The molecule has 8 heteroatoms. The van der Waals surface area contributed by atoms with Crippen LogP contribution >= 0.6 is 0 Å². The first kappa shape index (κ1) is 21.4. The molecule has 1 atom stereocenters. The van der Waals surface area contributed by atoms with E-state index in [2.05, 4.69) is 4.98 Å². The Hall–Kier alpha value is -3.49. The molecular weight excluding hydrogens is 422 g/mol. The number of hydrogen-bond acceptors (Lipinski definition) is 6. The summed E-state index contributed by atoms with van der Waals surface area (Å²) in [6.07, 6.45) is 3.15. The number of fused-ring (bicyclic) bond motifs is 2. The van der Waals surface area contributed by atoms with E-state index >= 15 is 0 Å². The Bertz CT molecular complexity index is 1190. The van der Waals surface area contributed by atoms with Gasteiger partial charge < -0.3 is 14.4 Å². The highest BCUT2D eigenvalue weighted by Crippen LogP contribution is 2.35. The predicted octanol–water partition coefficient (Wildman–Crippen LogP) is 3.24. The lowest BCUT2D eigenvalue weighted by molar-refractivity contribution is -0.142. The first-order valence-corrected chi connectivity index (χ1v) is 11.1. The second-order valence-corrected chi connectivity index (χ2v) is 8.40. The molecule has 33 heavy (non-hydrogen) atoms. The van der Waals surface area contributed by atoms with Gasteiger partial charge in [-0.25, -0.2) is 5.48 Å². The number of aromatic nitrogens is 1. The van der Waals surface area contributed by atoms with Crippen LogP contribution in [-0.4, -0.2) is 46.7 Å². The van der Waals surface area contributed by atoms with E-state index in [0.29, 0.717) is 38.3 Å². The van der Waals surface area contributed by atoms with Crippen LogP contribution in [0, 0.1) is 5.92 Å². The fourth-order valence-corrected chi connectivity index (χ4v) is 4.56. The number of ether oxygens (including phenoxy) is 2. The number of nitrogens with one attached hydrogen (secondary N) is 1. The van der Waals surface area contributed by atoms with Crippen molar-refractivity contribution in [3.8, 4) is 5.75 Å².